The summed E-state index contributed by atoms with van der Waals surface area (Å²) in [6.45, 7) is 0. The lowest BCUT2D eigenvalue weighted by atomic mass is 9.98. The molecule has 100 valence electrons. The molecule has 0 aromatic heterocycles. The number of carbonyl (C=O) groups excluding carboxylic acids is 1. The lowest BCUT2D eigenvalue weighted by molar-refractivity contribution is -0.384. The number of aromatic carboxylic acids is 1. The summed E-state index contributed by atoms with van der Waals surface area (Å²) in [4.78, 5) is 32.0. The maximum atomic E-state index is 11.2. The molecule has 6 nitrogen and oxygen atoms in total. The summed E-state index contributed by atoms with van der Waals surface area (Å²) >= 11 is 0. The Hall–Kier alpha value is -3.02. The number of non-ortho nitro benzene ring substituents is 1. The molecule has 20 heavy (non-hydrogen) atoms. The number of nitrogens with zero attached hydrogens (tertiary/aromatic N) is 1. The molecular formula is C14H9NO5. The van der Waals surface area contributed by atoms with Crippen LogP contribution in [0, 0.1) is 10.1 Å². The number of carboxylic acids is 1. The molecule has 6 heteroatoms. The van der Waals surface area contributed by atoms with Crippen molar-refractivity contribution in [3.8, 4) is 11.1 Å². The van der Waals surface area contributed by atoms with Gasteiger partial charge >= 0.3 is 5.97 Å². The van der Waals surface area contributed by atoms with E-state index in [9.17, 15) is 19.7 Å². The van der Waals surface area contributed by atoms with E-state index in [0.717, 1.165) is 6.07 Å². The number of hydrogen-bond donors (Lipinski definition) is 1. The van der Waals surface area contributed by atoms with Crippen molar-refractivity contribution in [1.29, 1.82) is 0 Å². The maximum Gasteiger partial charge on any atom is 0.336 e. The smallest absolute Gasteiger partial charge is 0.336 e. The van der Waals surface area contributed by atoms with Crippen LogP contribution in [-0.4, -0.2) is 22.3 Å². The van der Waals surface area contributed by atoms with Gasteiger partial charge in [0.2, 0.25) is 0 Å². The monoisotopic (exact) mass is 271 g/mol. The molecule has 0 unspecified atom stereocenters. The molecule has 0 heterocycles. The molecule has 0 saturated carbocycles. The van der Waals surface area contributed by atoms with Gasteiger partial charge in [-0.05, 0) is 11.6 Å². The first-order valence-electron chi connectivity index (χ1n) is 5.60. The van der Waals surface area contributed by atoms with Crippen LogP contribution in [0.4, 0.5) is 5.69 Å². The number of nitro groups is 1. The molecule has 2 aromatic carbocycles. The summed E-state index contributed by atoms with van der Waals surface area (Å²) in [5, 5.41) is 19.9. The predicted octanol–water partition coefficient (Wildman–Crippen LogP) is 2.77. The summed E-state index contributed by atoms with van der Waals surface area (Å²) in [6, 6.07) is 9.69. The van der Waals surface area contributed by atoms with E-state index in [1.54, 1.807) is 12.1 Å². The van der Waals surface area contributed by atoms with E-state index in [0.29, 0.717) is 17.4 Å². The number of benzene rings is 2. The molecule has 0 atom stereocenters. The normalized spacial score (nSPS) is 10.0. The molecule has 2 aromatic rings. The van der Waals surface area contributed by atoms with E-state index in [4.69, 9.17) is 5.11 Å². The second-order valence-electron chi connectivity index (χ2n) is 4.03. The highest BCUT2D eigenvalue weighted by Crippen LogP contribution is 2.28. The topological polar surface area (TPSA) is 97.5 Å². The molecule has 2 rings (SSSR count). The minimum Gasteiger partial charge on any atom is -0.478 e. The third-order valence-corrected chi connectivity index (χ3v) is 2.80. The summed E-state index contributed by atoms with van der Waals surface area (Å²) in [6.07, 6.45) is 0.662. The van der Waals surface area contributed by atoms with Crippen LogP contribution in [0.3, 0.4) is 0 Å². The lowest BCUT2D eigenvalue weighted by Crippen LogP contribution is -2.01. The van der Waals surface area contributed by atoms with Gasteiger partial charge in [0.15, 0.2) is 0 Å². The minimum atomic E-state index is -1.17. The number of hydrogen-bond acceptors (Lipinski definition) is 4. The van der Waals surface area contributed by atoms with Gasteiger partial charge in [-0.15, -0.1) is 0 Å². The van der Waals surface area contributed by atoms with Gasteiger partial charge in [-0.1, -0.05) is 24.3 Å². The third-order valence-electron chi connectivity index (χ3n) is 2.80. The van der Waals surface area contributed by atoms with Crippen LogP contribution in [0.1, 0.15) is 20.7 Å². The number of carboxylic acid groups (broad SMARTS) is 1. The predicted molar refractivity (Wildman–Crippen MR) is 70.9 cm³/mol. The molecule has 0 saturated heterocycles. The van der Waals surface area contributed by atoms with Crippen LogP contribution in [-0.2, 0) is 0 Å². The molecular weight excluding hydrogens is 262 g/mol. The summed E-state index contributed by atoms with van der Waals surface area (Å²) in [5.74, 6) is -1.17. The second kappa shape index (κ2) is 5.31. The zero-order valence-electron chi connectivity index (χ0n) is 10.1. The van der Waals surface area contributed by atoms with Crippen LogP contribution >= 0.6 is 0 Å². The van der Waals surface area contributed by atoms with Crippen molar-refractivity contribution in [2.45, 2.75) is 0 Å². The Morgan fingerprint density at radius 1 is 1.15 bits per heavy atom. The highest BCUT2D eigenvalue weighted by Gasteiger charge is 2.16. The van der Waals surface area contributed by atoms with E-state index < -0.39 is 10.9 Å². The number of nitro benzene ring substituents is 1. The number of rotatable bonds is 4. The van der Waals surface area contributed by atoms with Gasteiger partial charge in [0.05, 0.1) is 10.5 Å². The van der Waals surface area contributed by atoms with Crippen molar-refractivity contribution in [2.24, 2.45) is 0 Å². The summed E-state index contributed by atoms with van der Waals surface area (Å²) < 4.78 is 0. The molecule has 0 aliphatic carbocycles. The van der Waals surface area contributed by atoms with Gasteiger partial charge < -0.3 is 5.11 Å². The Bertz CT molecular complexity index is 691. The second-order valence-corrected chi connectivity index (χ2v) is 4.03. The summed E-state index contributed by atoms with van der Waals surface area (Å²) in [7, 11) is 0. The van der Waals surface area contributed by atoms with E-state index in [1.165, 1.54) is 24.3 Å². The van der Waals surface area contributed by atoms with Crippen molar-refractivity contribution in [2.75, 3.05) is 0 Å². The van der Waals surface area contributed by atoms with Gasteiger partial charge in [0.1, 0.15) is 6.29 Å². The SMILES string of the molecule is O=Cc1ccc(-c2cc([N+](=O)[O-])ccc2C(=O)O)cc1. The highest BCUT2D eigenvalue weighted by molar-refractivity contribution is 5.96. The minimum absolute atomic E-state index is 0.0329. The summed E-state index contributed by atoms with van der Waals surface area (Å²) in [5.41, 5.74) is 0.954. The maximum absolute atomic E-state index is 11.2. The van der Waals surface area contributed by atoms with Crippen molar-refractivity contribution in [3.63, 3.8) is 0 Å². The fourth-order valence-electron chi connectivity index (χ4n) is 1.81. The lowest BCUT2D eigenvalue weighted by Gasteiger charge is -2.06. The van der Waals surface area contributed by atoms with Crippen LogP contribution < -0.4 is 0 Å². The first kappa shape index (κ1) is 13.4. The molecule has 0 aliphatic rings. The molecule has 0 radical (unpaired) electrons. The quantitative estimate of drug-likeness (QED) is 0.523. The standard InChI is InChI=1S/C14H9NO5/c16-8-9-1-3-10(4-2-9)13-7-11(15(19)20)5-6-12(13)14(17)18/h1-8H,(H,17,18). The Morgan fingerprint density at radius 2 is 1.80 bits per heavy atom. The average Bonchev–Trinajstić information content (AvgIpc) is 2.46. The molecule has 0 spiro atoms. The zero-order valence-corrected chi connectivity index (χ0v) is 10.1. The van der Waals surface area contributed by atoms with Gasteiger partial charge in [0.25, 0.3) is 5.69 Å². The van der Waals surface area contributed by atoms with Crippen LogP contribution in [0.15, 0.2) is 42.5 Å². The highest BCUT2D eigenvalue weighted by atomic mass is 16.6. The van der Waals surface area contributed by atoms with Crippen LogP contribution in [0.2, 0.25) is 0 Å². The van der Waals surface area contributed by atoms with Gasteiger partial charge in [-0.25, -0.2) is 4.79 Å². The van der Waals surface area contributed by atoms with E-state index >= 15 is 0 Å². The van der Waals surface area contributed by atoms with E-state index in [-0.39, 0.29) is 16.8 Å². The Balaban J connectivity index is 2.61. The number of aldehydes is 1. The average molecular weight is 271 g/mol. The van der Waals surface area contributed by atoms with Gasteiger partial charge in [-0.2, -0.15) is 0 Å². The molecule has 0 amide bonds. The fourth-order valence-corrected chi connectivity index (χ4v) is 1.81. The van der Waals surface area contributed by atoms with Gasteiger partial charge in [-0.3, -0.25) is 14.9 Å². The number of carbonyl (C=O) groups is 2. The third kappa shape index (κ3) is 2.54. The van der Waals surface area contributed by atoms with Crippen molar-refractivity contribution in [1.82, 2.24) is 0 Å². The largest absolute Gasteiger partial charge is 0.478 e. The van der Waals surface area contributed by atoms with Crippen molar-refractivity contribution >= 4 is 17.9 Å². The Morgan fingerprint density at radius 3 is 2.30 bits per heavy atom. The van der Waals surface area contributed by atoms with Gasteiger partial charge in [0, 0.05) is 23.3 Å². The van der Waals surface area contributed by atoms with Crippen molar-refractivity contribution < 1.29 is 19.6 Å². The first-order valence-corrected chi connectivity index (χ1v) is 5.60. The molecule has 0 fully saturated rings. The van der Waals surface area contributed by atoms with Crippen LogP contribution in [0.25, 0.3) is 11.1 Å². The molecule has 1 N–H and O–H groups in total. The first-order chi connectivity index (χ1) is 9.52. The molecule has 0 aliphatic heterocycles. The zero-order chi connectivity index (χ0) is 14.7. The van der Waals surface area contributed by atoms with E-state index in [1.807, 2.05) is 0 Å². The molecule has 0 bridgehead atoms. The van der Waals surface area contributed by atoms with Crippen molar-refractivity contribution in [3.05, 3.63) is 63.7 Å². The Kier molecular flexibility index (Phi) is 3.56. The fraction of sp³-hybridized carbons (Fsp3) is 0. The van der Waals surface area contributed by atoms with Crippen LogP contribution in [0.5, 0.6) is 0 Å². The Labute approximate surface area is 113 Å². The van der Waals surface area contributed by atoms with E-state index in [2.05, 4.69) is 0 Å².